The Bertz CT molecular complexity index is 1400. The molecular weight excluding hydrogens is 498 g/mol. The number of aromatic nitrogens is 1. The fourth-order valence-corrected chi connectivity index (χ4v) is 5.51. The van der Waals surface area contributed by atoms with E-state index in [0.29, 0.717) is 11.1 Å². The van der Waals surface area contributed by atoms with Gasteiger partial charge in [-0.05, 0) is 93.4 Å². The molecule has 0 spiro atoms. The molecule has 40 heavy (non-hydrogen) atoms. The van der Waals surface area contributed by atoms with Crippen molar-refractivity contribution in [1.82, 2.24) is 14.8 Å². The predicted molar refractivity (Wildman–Crippen MR) is 163 cm³/mol. The van der Waals surface area contributed by atoms with Crippen LogP contribution in [0.1, 0.15) is 41.6 Å². The van der Waals surface area contributed by atoms with Gasteiger partial charge in [0.2, 0.25) is 5.96 Å². The zero-order valence-electron chi connectivity index (χ0n) is 23.4. The first kappa shape index (κ1) is 27.4. The Morgan fingerprint density at radius 1 is 1.00 bits per heavy atom. The highest BCUT2D eigenvalue weighted by molar-refractivity contribution is 5.96. The molecule has 8 heteroatoms. The molecule has 0 radical (unpaired) electrons. The van der Waals surface area contributed by atoms with Gasteiger partial charge in [-0.1, -0.05) is 36.4 Å². The number of nitrogens with zero attached hydrogens (tertiary/aromatic N) is 4. The van der Waals surface area contributed by atoms with Gasteiger partial charge in [0.1, 0.15) is 0 Å². The van der Waals surface area contributed by atoms with E-state index < -0.39 is 0 Å². The van der Waals surface area contributed by atoms with E-state index in [1.54, 1.807) is 0 Å². The first-order chi connectivity index (χ1) is 19.5. The largest absolute Gasteiger partial charge is 0.368 e. The summed E-state index contributed by atoms with van der Waals surface area (Å²) >= 11 is 0. The van der Waals surface area contributed by atoms with E-state index in [1.807, 2.05) is 54.5 Å². The molecule has 2 aromatic carbocycles. The Balaban J connectivity index is 1.22. The molecule has 208 valence electrons. The van der Waals surface area contributed by atoms with Gasteiger partial charge in [-0.15, -0.1) is 0 Å². The van der Waals surface area contributed by atoms with Crippen LogP contribution in [0.3, 0.4) is 0 Å². The second-order valence-electron chi connectivity index (χ2n) is 10.6. The molecular formula is C32H39N7O. The zero-order valence-corrected chi connectivity index (χ0v) is 23.4. The fourth-order valence-electron chi connectivity index (χ4n) is 5.51. The van der Waals surface area contributed by atoms with Crippen LogP contribution < -0.4 is 15.7 Å². The van der Waals surface area contributed by atoms with Gasteiger partial charge in [-0.2, -0.15) is 4.99 Å². The van der Waals surface area contributed by atoms with Crippen LogP contribution in [0.4, 0.5) is 11.4 Å². The number of benzene rings is 2. The van der Waals surface area contributed by atoms with Gasteiger partial charge in [-0.25, -0.2) is 0 Å². The van der Waals surface area contributed by atoms with Gasteiger partial charge in [0, 0.05) is 43.6 Å². The molecule has 5 rings (SSSR count). The summed E-state index contributed by atoms with van der Waals surface area (Å²) in [5.41, 5.74) is 5.65. The van der Waals surface area contributed by atoms with Crippen molar-refractivity contribution in [3.63, 3.8) is 0 Å². The van der Waals surface area contributed by atoms with E-state index >= 15 is 0 Å². The molecule has 1 saturated heterocycles. The lowest BCUT2D eigenvalue weighted by Gasteiger charge is -2.35. The number of hydrogen-bond acceptors (Lipinski definition) is 4. The number of aromatic amines is 1. The SMILES string of the molecule is CN1CCC(N(C)C(=O)c2ccc(NC(=N)/N=c3\[nH]cccc3N3CCC=C(c4ccccc4)CC3)cc2)CC1. The maximum absolute atomic E-state index is 13.0. The summed E-state index contributed by atoms with van der Waals surface area (Å²) in [6.07, 6.45) is 8.07. The minimum atomic E-state index is 0.0316. The lowest BCUT2D eigenvalue weighted by Crippen LogP contribution is -2.44. The second kappa shape index (κ2) is 12.8. The Morgan fingerprint density at radius 2 is 1.75 bits per heavy atom. The van der Waals surface area contributed by atoms with Crippen LogP contribution in [0.25, 0.3) is 5.57 Å². The number of anilines is 2. The van der Waals surface area contributed by atoms with Gasteiger partial charge in [-0.3, -0.25) is 10.2 Å². The number of hydrogen-bond donors (Lipinski definition) is 3. The van der Waals surface area contributed by atoms with Crippen LogP contribution in [0, 0.1) is 5.41 Å². The van der Waals surface area contributed by atoms with Crippen molar-refractivity contribution in [2.45, 2.75) is 31.7 Å². The van der Waals surface area contributed by atoms with Crippen LogP contribution in [0.5, 0.6) is 0 Å². The van der Waals surface area contributed by atoms with Crippen molar-refractivity contribution in [2.75, 3.05) is 50.5 Å². The summed E-state index contributed by atoms with van der Waals surface area (Å²) < 4.78 is 0. The molecule has 3 heterocycles. The van der Waals surface area contributed by atoms with Crippen LogP contribution in [0.2, 0.25) is 0 Å². The van der Waals surface area contributed by atoms with Crippen LogP contribution in [-0.2, 0) is 0 Å². The van der Waals surface area contributed by atoms with Gasteiger partial charge in [0.15, 0.2) is 5.49 Å². The Hall–Kier alpha value is -4.17. The second-order valence-corrected chi connectivity index (χ2v) is 10.6. The molecule has 8 nitrogen and oxygen atoms in total. The van der Waals surface area contributed by atoms with E-state index in [2.05, 4.69) is 68.5 Å². The van der Waals surface area contributed by atoms with Crippen molar-refractivity contribution < 1.29 is 4.79 Å². The van der Waals surface area contributed by atoms with Gasteiger partial charge in [0.25, 0.3) is 5.91 Å². The third-order valence-electron chi connectivity index (χ3n) is 7.91. The Labute approximate surface area is 236 Å². The van der Waals surface area contributed by atoms with Gasteiger partial charge in [0.05, 0.1) is 5.69 Å². The number of piperidine rings is 1. The van der Waals surface area contributed by atoms with E-state index in [4.69, 9.17) is 5.41 Å². The van der Waals surface area contributed by atoms with E-state index in [9.17, 15) is 4.79 Å². The molecule has 2 aliphatic rings. The summed E-state index contributed by atoms with van der Waals surface area (Å²) in [5, 5.41) is 11.6. The van der Waals surface area contributed by atoms with Gasteiger partial charge >= 0.3 is 0 Å². The quantitative estimate of drug-likeness (QED) is 0.322. The number of nitrogens with one attached hydrogen (secondary N) is 3. The number of rotatable bonds is 5. The van der Waals surface area contributed by atoms with Crippen molar-refractivity contribution in [2.24, 2.45) is 4.99 Å². The highest BCUT2D eigenvalue weighted by Crippen LogP contribution is 2.24. The fraction of sp³-hybridized carbons (Fsp3) is 0.344. The molecule has 0 bridgehead atoms. The smallest absolute Gasteiger partial charge is 0.253 e. The van der Waals surface area contributed by atoms with Crippen molar-refractivity contribution in [3.05, 3.63) is 95.6 Å². The molecule has 0 aliphatic carbocycles. The number of amides is 1. The van der Waals surface area contributed by atoms with Crippen molar-refractivity contribution in [3.8, 4) is 0 Å². The summed E-state index contributed by atoms with van der Waals surface area (Å²) in [6.45, 7) is 3.80. The lowest BCUT2D eigenvalue weighted by molar-refractivity contribution is 0.0659. The van der Waals surface area contributed by atoms with E-state index in [0.717, 1.165) is 63.2 Å². The average molecular weight is 538 g/mol. The topological polar surface area (TPSA) is 90.8 Å². The summed E-state index contributed by atoms with van der Waals surface area (Å²) in [6, 6.07) is 22.2. The average Bonchev–Trinajstić information content (AvgIpc) is 3.24. The van der Waals surface area contributed by atoms with Crippen molar-refractivity contribution in [1.29, 1.82) is 5.41 Å². The molecule has 0 atom stereocenters. The number of H-pyrrole nitrogens is 1. The molecule has 1 aromatic heterocycles. The number of likely N-dealkylation sites (tertiary alicyclic amines) is 1. The molecule has 0 unspecified atom stereocenters. The van der Waals surface area contributed by atoms with Crippen molar-refractivity contribution >= 4 is 28.8 Å². The number of carbonyl (C=O) groups is 1. The first-order valence-electron chi connectivity index (χ1n) is 14.1. The predicted octanol–water partition coefficient (Wildman–Crippen LogP) is 4.81. The lowest BCUT2D eigenvalue weighted by atomic mass is 10.0. The molecule has 3 aromatic rings. The summed E-state index contributed by atoms with van der Waals surface area (Å²) in [5.74, 6) is 0.0656. The number of guanidine groups is 1. The van der Waals surface area contributed by atoms with Crippen LogP contribution >= 0.6 is 0 Å². The summed E-state index contributed by atoms with van der Waals surface area (Å²) in [4.78, 5) is 27.3. The number of carbonyl (C=O) groups excluding carboxylic acids is 1. The third-order valence-corrected chi connectivity index (χ3v) is 7.91. The minimum Gasteiger partial charge on any atom is -0.368 e. The maximum atomic E-state index is 13.0. The zero-order chi connectivity index (χ0) is 27.9. The normalized spacial score (nSPS) is 17.2. The number of pyridine rings is 1. The minimum absolute atomic E-state index is 0.0316. The highest BCUT2D eigenvalue weighted by atomic mass is 16.2. The molecule has 1 fully saturated rings. The Morgan fingerprint density at radius 3 is 2.50 bits per heavy atom. The molecule has 0 saturated carbocycles. The van der Waals surface area contributed by atoms with Crippen LogP contribution in [0.15, 0.2) is 84.0 Å². The monoisotopic (exact) mass is 537 g/mol. The van der Waals surface area contributed by atoms with E-state index in [-0.39, 0.29) is 17.9 Å². The summed E-state index contributed by atoms with van der Waals surface area (Å²) in [7, 11) is 4.02. The standard InChI is InChI=1S/C32H39N7O/c1-37-21-17-28(18-22-37)38(2)31(40)26-12-14-27(15-13-26)35-32(33)36-30-29(11-6-19-34-30)39-20-7-10-25(16-23-39)24-8-4-3-5-9-24/h3-6,8-15,19,28H,7,16-18,20-23H2,1-2H3,(H3,33,34,35,36). The first-order valence-corrected chi connectivity index (χ1v) is 14.1. The van der Waals surface area contributed by atoms with E-state index in [1.165, 1.54) is 11.1 Å². The molecule has 1 amide bonds. The highest BCUT2D eigenvalue weighted by Gasteiger charge is 2.24. The Kier molecular flexibility index (Phi) is 8.76. The molecule has 3 N–H and O–H groups in total. The van der Waals surface area contributed by atoms with Crippen LogP contribution in [-0.4, -0.2) is 73.0 Å². The maximum Gasteiger partial charge on any atom is 0.253 e. The third kappa shape index (κ3) is 6.69. The molecule has 2 aliphatic heterocycles. The van der Waals surface area contributed by atoms with Gasteiger partial charge < -0.3 is 25.0 Å².